The molecule has 1 amide bonds. The molecule has 3 N–H and O–H groups in total. The second-order valence-electron chi connectivity index (χ2n) is 3.29. The van der Waals surface area contributed by atoms with Crippen LogP contribution >= 0.6 is 0 Å². The van der Waals surface area contributed by atoms with Gasteiger partial charge >= 0.3 is 12.1 Å². The lowest BCUT2D eigenvalue weighted by molar-refractivity contribution is -0.139. The monoisotopic (exact) mass is 242 g/mol. The van der Waals surface area contributed by atoms with E-state index in [2.05, 4.69) is 0 Å². The number of halogens is 3. The van der Waals surface area contributed by atoms with Crippen molar-refractivity contribution in [1.82, 2.24) is 4.90 Å². The van der Waals surface area contributed by atoms with E-state index >= 15 is 0 Å². The van der Waals surface area contributed by atoms with Crippen molar-refractivity contribution in [2.24, 2.45) is 5.73 Å². The lowest BCUT2D eigenvalue weighted by Crippen LogP contribution is -2.38. The molecule has 0 aromatic carbocycles. The summed E-state index contributed by atoms with van der Waals surface area (Å²) in [4.78, 5) is 21.9. The molecule has 0 unspecified atom stereocenters. The maximum Gasteiger partial charge on any atom is 0.389 e. The van der Waals surface area contributed by atoms with Crippen LogP contribution in [0.2, 0.25) is 0 Å². The summed E-state index contributed by atoms with van der Waals surface area (Å²) in [6.07, 6.45) is -5.55. The van der Waals surface area contributed by atoms with Gasteiger partial charge in [0, 0.05) is 6.42 Å². The third-order valence-electron chi connectivity index (χ3n) is 1.67. The summed E-state index contributed by atoms with van der Waals surface area (Å²) in [7, 11) is 0. The van der Waals surface area contributed by atoms with Gasteiger partial charge in [0.05, 0.1) is 13.1 Å². The number of nitrogens with zero attached hydrogens (tertiary/aromatic N) is 1. The van der Waals surface area contributed by atoms with Crippen LogP contribution in [0.1, 0.15) is 12.8 Å². The van der Waals surface area contributed by atoms with E-state index in [1.807, 2.05) is 0 Å². The summed E-state index contributed by atoms with van der Waals surface area (Å²) in [5.74, 6) is -1.98. The van der Waals surface area contributed by atoms with E-state index < -0.39 is 31.0 Å². The summed E-state index contributed by atoms with van der Waals surface area (Å²) in [5.41, 5.74) is 4.83. The minimum absolute atomic E-state index is 0.130. The van der Waals surface area contributed by atoms with Gasteiger partial charge in [-0.3, -0.25) is 14.5 Å². The Morgan fingerprint density at radius 1 is 1.25 bits per heavy atom. The highest BCUT2D eigenvalue weighted by Crippen LogP contribution is 2.21. The third-order valence-corrected chi connectivity index (χ3v) is 1.67. The number of amides is 1. The van der Waals surface area contributed by atoms with Crippen molar-refractivity contribution >= 4 is 11.9 Å². The second-order valence-corrected chi connectivity index (χ2v) is 3.29. The number of alkyl halides is 3. The first-order chi connectivity index (χ1) is 7.20. The molecule has 0 aliphatic heterocycles. The van der Waals surface area contributed by atoms with Crippen LogP contribution in [0.5, 0.6) is 0 Å². The molecular weight excluding hydrogens is 229 g/mol. The first-order valence-electron chi connectivity index (χ1n) is 4.50. The Kier molecular flexibility index (Phi) is 5.79. The SMILES string of the molecule is NC(=O)CN(CCCC(F)(F)F)CC(=O)O. The summed E-state index contributed by atoms with van der Waals surface area (Å²) in [6, 6.07) is 0. The van der Waals surface area contributed by atoms with Crippen LogP contribution in [-0.4, -0.2) is 47.7 Å². The van der Waals surface area contributed by atoms with Crippen LogP contribution in [-0.2, 0) is 9.59 Å². The highest BCUT2D eigenvalue weighted by molar-refractivity contribution is 5.77. The van der Waals surface area contributed by atoms with Crippen molar-refractivity contribution < 1.29 is 27.9 Å². The van der Waals surface area contributed by atoms with Crippen LogP contribution < -0.4 is 5.73 Å². The number of carbonyl (C=O) groups excluding carboxylic acids is 1. The molecule has 0 radical (unpaired) electrons. The molecule has 5 nitrogen and oxygen atoms in total. The lowest BCUT2D eigenvalue weighted by atomic mass is 10.3. The van der Waals surface area contributed by atoms with Gasteiger partial charge in [0.1, 0.15) is 0 Å². The van der Waals surface area contributed by atoms with Crippen LogP contribution in [0.3, 0.4) is 0 Å². The Morgan fingerprint density at radius 2 is 1.81 bits per heavy atom. The van der Waals surface area contributed by atoms with E-state index in [9.17, 15) is 22.8 Å². The Bertz CT molecular complexity index is 239. The van der Waals surface area contributed by atoms with Crippen LogP contribution in [0.15, 0.2) is 0 Å². The van der Waals surface area contributed by atoms with Crippen molar-refractivity contribution in [3.8, 4) is 0 Å². The molecule has 0 spiro atoms. The van der Waals surface area contributed by atoms with Crippen molar-refractivity contribution in [1.29, 1.82) is 0 Å². The first-order valence-corrected chi connectivity index (χ1v) is 4.50. The molecule has 0 rings (SSSR count). The summed E-state index contributed by atoms with van der Waals surface area (Å²) < 4.78 is 35.4. The number of carboxylic acids is 1. The quantitative estimate of drug-likeness (QED) is 0.668. The van der Waals surface area contributed by atoms with E-state index in [0.717, 1.165) is 4.90 Å². The van der Waals surface area contributed by atoms with E-state index in [1.165, 1.54) is 0 Å². The molecule has 16 heavy (non-hydrogen) atoms. The zero-order chi connectivity index (χ0) is 12.8. The summed E-state index contributed by atoms with van der Waals surface area (Å²) >= 11 is 0. The molecule has 8 heteroatoms. The molecule has 0 heterocycles. The van der Waals surface area contributed by atoms with Crippen molar-refractivity contribution in [2.75, 3.05) is 19.6 Å². The van der Waals surface area contributed by atoms with Gasteiger partial charge in [-0.25, -0.2) is 0 Å². The molecule has 0 aromatic rings. The Balaban J connectivity index is 4.01. The van der Waals surface area contributed by atoms with Gasteiger partial charge < -0.3 is 10.8 Å². The molecule has 0 aromatic heterocycles. The third kappa shape index (κ3) is 9.25. The van der Waals surface area contributed by atoms with E-state index in [1.54, 1.807) is 0 Å². The molecule has 0 atom stereocenters. The average molecular weight is 242 g/mol. The fraction of sp³-hybridized carbons (Fsp3) is 0.750. The fourth-order valence-corrected chi connectivity index (χ4v) is 1.13. The zero-order valence-corrected chi connectivity index (χ0v) is 8.46. The van der Waals surface area contributed by atoms with Crippen molar-refractivity contribution in [3.63, 3.8) is 0 Å². The number of carbonyl (C=O) groups is 2. The van der Waals surface area contributed by atoms with E-state index in [4.69, 9.17) is 10.8 Å². The van der Waals surface area contributed by atoms with Gasteiger partial charge in [-0.1, -0.05) is 0 Å². The molecule has 0 saturated heterocycles. The van der Waals surface area contributed by atoms with Crippen LogP contribution in [0, 0.1) is 0 Å². The highest BCUT2D eigenvalue weighted by Gasteiger charge is 2.26. The normalized spacial score (nSPS) is 11.8. The van der Waals surface area contributed by atoms with Gasteiger partial charge in [0.25, 0.3) is 0 Å². The molecule has 0 fully saturated rings. The van der Waals surface area contributed by atoms with Crippen LogP contribution in [0.4, 0.5) is 13.2 Å². The van der Waals surface area contributed by atoms with Gasteiger partial charge in [0.2, 0.25) is 5.91 Å². The second kappa shape index (κ2) is 6.31. The molecule has 0 saturated carbocycles. The number of aliphatic carboxylic acids is 1. The minimum atomic E-state index is -4.28. The van der Waals surface area contributed by atoms with Gasteiger partial charge in [-0.05, 0) is 13.0 Å². The number of carboxylic acid groups (broad SMARTS) is 1. The first kappa shape index (κ1) is 14.7. The molecule has 94 valence electrons. The maximum absolute atomic E-state index is 11.8. The smallest absolute Gasteiger partial charge is 0.389 e. The predicted octanol–water partition coefficient (Wildman–Crippen LogP) is 0.201. The lowest BCUT2D eigenvalue weighted by Gasteiger charge is -2.18. The fourth-order valence-electron chi connectivity index (χ4n) is 1.13. The molecule has 0 bridgehead atoms. The molecule has 0 aliphatic rings. The van der Waals surface area contributed by atoms with Crippen molar-refractivity contribution in [2.45, 2.75) is 19.0 Å². The average Bonchev–Trinajstić information content (AvgIpc) is 1.98. The van der Waals surface area contributed by atoms with Gasteiger partial charge in [0.15, 0.2) is 0 Å². The maximum atomic E-state index is 11.8. The van der Waals surface area contributed by atoms with Gasteiger partial charge in [-0.15, -0.1) is 0 Å². The largest absolute Gasteiger partial charge is 0.480 e. The summed E-state index contributed by atoms with van der Waals surface area (Å²) in [6.45, 7) is -0.986. The Hall–Kier alpha value is -1.31. The van der Waals surface area contributed by atoms with Gasteiger partial charge in [-0.2, -0.15) is 13.2 Å². The zero-order valence-electron chi connectivity index (χ0n) is 8.46. The Morgan fingerprint density at radius 3 is 2.19 bits per heavy atom. The topological polar surface area (TPSA) is 83.6 Å². The summed E-state index contributed by atoms with van der Waals surface area (Å²) in [5, 5.41) is 8.44. The molecule has 0 aliphatic carbocycles. The number of hydrogen-bond donors (Lipinski definition) is 2. The van der Waals surface area contributed by atoms with Crippen LogP contribution in [0.25, 0.3) is 0 Å². The molecular formula is C8H13F3N2O3. The Labute approximate surface area is 90.0 Å². The number of primary amides is 1. The highest BCUT2D eigenvalue weighted by atomic mass is 19.4. The van der Waals surface area contributed by atoms with Crippen molar-refractivity contribution in [3.05, 3.63) is 0 Å². The standard InChI is InChI=1S/C8H13F3N2O3/c9-8(10,11)2-1-3-13(4-6(12)14)5-7(15)16/h1-5H2,(H2,12,14)(H,15,16). The number of nitrogens with two attached hydrogens (primary N) is 1. The minimum Gasteiger partial charge on any atom is -0.480 e. The number of rotatable bonds is 7. The number of hydrogen-bond acceptors (Lipinski definition) is 3. The van der Waals surface area contributed by atoms with E-state index in [-0.39, 0.29) is 19.5 Å². The predicted molar refractivity (Wildman–Crippen MR) is 48.6 cm³/mol. The van der Waals surface area contributed by atoms with E-state index in [0.29, 0.717) is 0 Å².